The third kappa shape index (κ3) is 76.4. The van der Waals surface area contributed by atoms with Crippen molar-refractivity contribution in [3.05, 3.63) is 0 Å². The van der Waals surface area contributed by atoms with Crippen LogP contribution in [0.15, 0.2) is 0 Å². The summed E-state index contributed by atoms with van der Waals surface area (Å²) in [5.41, 5.74) is 0. The molecule has 8 heteroatoms. The van der Waals surface area contributed by atoms with Crippen molar-refractivity contribution < 1.29 is 30.4 Å². The van der Waals surface area contributed by atoms with Crippen LogP contribution in [0.4, 0.5) is 0 Å². The van der Waals surface area contributed by atoms with Crippen molar-refractivity contribution in [2.75, 3.05) is 0 Å². The van der Waals surface area contributed by atoms with Gasteiger partial charge < -0.3 is 11.0 Å². The van der Waals surface area contributed by atoms with Crippen molar-refractivity contribution in [2.45, 2.75) is 0 Å². The standard InChI is InChI=1S/4ClH.2H2O.Ru.Sn/h4*1H;2*1H2;;/q;;;;;;;+4/p-4. The molecule has 0 fully saturated rings. The van der Waals surface area contributed by atoms with E-state index >= 15 is 0 Å². The van der Waals surface area contributed by atoms with E-state index in [0.29, 0.717) is 0 Å². The summed E-state index contributed by atoms with van der Waals surface area (Å²) in [7, 11) is 20.1. The van der Waals surface area contributed by atoms with Gasteiger partial charge in [-0.1, -0.05) is 0 Å². The zero-order valence-corrected chi connectivity index (χ0v) is 11.0. The Balaban J connectivity index is -0.0000000267. The summed E-state index contributed by atoms with van der Waals surface area (Å²) in [5.74, 6) is 0. The first-order valence-electron chi connectivity index (χ1n) is 0.756. The molecule has 8 heavy (non-hydrogen) atoms. The maximum absolute atomic E-state index is 5.04. The van der Waals surface area contributed by atoms with Crippen molar-refractivity contribution >= 4 is 49.6 Å². The van der Waals surface area contributed by atoms with Crippen molar-refractivity contribution in [2.24, 2.45) is 0 Å². The van der Waals surface area contributed by atoms with Crippen LogP contribution in [0.3, 0.4) is 0 Å². The van der Waals surface area contributed by atoms with Crippen LogP contribution in [0.2, 0.25) is 0 Å². The van der Waals surface area contributed by atoms with Crippen LogP contribution in [0.25, 0.3) is 0 Å². The summed E-state index contributed by atoms with van der Waals surface area (Å²) in [6.45, 7) is 0. The van der Waals surface area contributed by atoms with E-state index in [2.05, 4.69) is 0 Å². The Labute approximate surface area is 78.9 Å². The van der Waals surface area contributed by atoms with Gasteiger partial charge in [-0.25, -0.2) is 0 Å². The largest absolute Gasteiger partial charge is 0 e. The molecule has 4 N–H and O–H groups in total. The van der Waals surface area contributed by atoms with Crippen molar-refractivity contribution in [3.63, 3.8) is 0 Å². The van der Waals surface area contributed by atoms with Crippen LogP contribution < -0.4 is 0 Å². The molecule has 2 nitrogen and oxygen atoms in total. The first-order chi connectivity index (χ1) is 2.00. The molecule has 0 aromatic heterocycles. The van der Waals surface area contributed by atoms with Gasteiger partial charge in [0, 0.05) is 19.5 Å². The Bertz CT molecular complexity index is 29.5. The smallest absolute Gasteiger partial charge is 0 e. The molecule has 0 aliphatic heterocycles. The summed E-state index contributed by atoms with van der Waals surface area (Å²) >= 11 is -3.29. The normalized spacial score (nSPS) is 7.50. The van der Waals surface area contributed by atoms with Gasteiger partial charge in [0.1, 0.15) is 0 Å². The molecular formula is H4Cl4O2RuSn. The molecule has 0 aliphatic carbocycles. The SMILES string of the molecule is O.O.[Cl][Sn]([Cl])([Cl])[Cl].[Ru]. The maximum atomic E-state index is 5.04. The topological polar surface area (TPSA) is 63.0 Å². The van der Waals surface area contributed by atoms with E-state index in [0.717, 1.165) is 0 Å². The van der Waals surface area contributed by atoms with Crippen LogP contribution in [-0.4, -0.2) is 24.8 Å². The molecule has 0 amide bonds. The van der Waals surface area contributed by atoms with Crippen LogP contribution in [0, 0.1) is 0 Å². The molecule has 0 radical (unpaired) electrons. The molecule has 0 saturated carbocycles. The van der Waals surface area contributed by atoms with Gasteiger partial charge in [-0.2, -0.15) is 0 Å². The molecule has 0 aromatic rings. The third-order valence-electron chi connectivity index (χ3n) is 0. The van der Waals surface area contributed by atoms with E-state index in [4.69, 9.17) is 35.7 Å². The summed E-state index contributed by atoms with van der Waals surface area (Å²) in [4.78, 5) is 0. The second-order valence-electron chi connectivity index (χ2n) is 0.429. The van der Waals surface area contributed by atoms with Crippen LogP contribution in [-0.2, 0) is 19.5 Å². The molecule has 0 saturated heterocycles. The second-order valence-corrected chi connectivity index (χ2v) is 25.9. The molecule has 0 spiro atoms. The molecule has 0 aromatic carbocycles. The molecular weight excluding hydrogens is 394 g/mol. The van der Waals surface area contributed by atoms with Gasteiger partial charge in [0.25, 0.3) is 0 Å². The minimum Gasteiger partial charge on any atom is 0 e. The van der Waals surface area contributed by atoms with E-state index in [9.17, 15) is 0 Å². The number of halogens is 4. The summed E-state index contributed by atoms with van der Waals surface area (Å²) < 4.78 is 0. The summed E-state index contributed by atoms with van der Waals surface area (Å²) in [6, 6.07) is 0. The zero-order chi connectivity index (χ0) is 4.50. The molecule has 0 heterocycles. The van der Waals surface area contributed by atoms with Crippen molar-refractivity contribution in [1.82, 2.24) is 0 Å². The van der Waals surface area contributed by atoms with E-state index in [-0.39, 0.29) is 30.4 Å². The van der Waals surface area contributed by atoms with Gasteiger partial charge in [-0.15, -0.1) is 0 Å². The Hall–Kier alpha value is 2.50. The fourth-order valence-electron chi connectivity index (χ4n) is 0. The predicted molar refractivity (Wildman–Crippen MR) is 36.4 cm³/mol. The van der Waals surface area contributed by atoms with Gasteiger partial charge in [0.05, 0.1) is 0 Å². The summed E-state index contributed by atoms with van der Waals surface area (Å²) in [5, 5.41) is 0. The number of hydrogen-bond acceptors (Lipinski definition) is 0. The van der Waals surface area contributed by atoms with Gasteiger partial charge in [-0.3, -0.25) is 0 Å². The van der Waals surface area contributed by atoms with E-state index in [1.165, 1.54) is 0 Å². The van der Waals surface area contributed by atoms with Gasteiger partial charge >= 0.3 is 49.6 Å². The molecule has 0 rings (SSSR count). The van der Waals surface area contributed by atoms with Gasteiger partial charge in [-0.05, 0) is 0 Å². The molecule has 0 atom stereocenters. The Morgan fingerprint density at radius 1 is 0.750 bits per heavy atom. The molecule has 56 valence electrons. The quantitative estimate of drug-likeness (QED) is 0.541. The fourth-order valence-corrected chi connectivity index (χ4v) is 0. The monoisotopic (exact) mass is 398 g/mol. The van der Waals surface area contributed by atoms with Crippen LogP contribution in [0.5, 0.6) is 0 Å². The first-order valence-corrected chi connectivity index (χ1v) is 15.2. The van der Waals surface area contributed by atoms with Crippen molar-refractivity contribution in [3.8, 4) is 0 Å². The Kier molecular flexibility index (Phi) is 26.6. The van der Waals surface area contributed by atoms with Crippen LogP contribution in [0.1, 0.15) is 0 Å². The first kappa shape index (κ1) is 22.4. The minimum atomic E-state index is -3.29. The fraction of sp³-hybridized carbons (Fsp3) is 0. The Morgan fingerprint density at radius 2 is 0.750 bits per heavy atom. The minimum absolute atomic E-state index is 0. The molecule has 0 unspecified atom stereocenters. The van der Waals surface area contributed by atoms with Crippen LogP contribution >= 0.6 is 35.7 Å². The predicted octanol–water partition coefficient (Wildman–Crippen LogP) is 0.725. The number of rotatable bonds is 0. The van der Waals surface area contributed by atoms with E-state index in [1.54, 1.807) is 0 Å². The zero-order valence-electron chi connectivity index (χ0n) is 3.37. The molecule has 0 bridgehead atoms. The van der Waals surface area contributed by atoms with Gasteiger partial charge in [0.15, 0.2) is 0 Å². The third-order valence-corrected chi connectivity index (χ3v) is 0. The van der Waals surface area contributed by atoms with Gasteiger partial charge in [0.2, 0.25) is 0 Å². The second kappa shape index (κ2) is 9.50. The van der Waals surface area contributed by atoms with E-state index < -0.39 is 13.9 Å². The van der Waals surface area contributed by atoms with E-state index in [1.807, 2.05) is 0 Å². The number of hydrogen-bond donors (Lipinski definition) is 0. The average molecular weight is 398 g/mol. The van der Waals surface area contributed by atoms with Crippen molar-refractivity contribution in [1.29, 1.82) is 0 Å². The Morgan fingerprint density at radius 3 is 0.750 bits per heavy atom. The molecule has 0 aliphatic rings. The average Bonchev–Trinajstić information content (AvgIpc) is 0.722. The maximum Gasteiger partial charge on any atom is 0 e. The summed E-state index contributed by atoms with van der Waals surface area (Å²) in [6.07, 6.45) is 0.